The van der Waals surface area contributed by atoms with Gasteiger partial charge in [-0.15, -0.1) is 0 Å². The molecule has 1 amide bonds. The molecule has 0 bridgehead atoms. The van der Waals surface area contributed by atoms with Crippen LogP contribution in [0, 0.1) is 0 Å². The summed E-state index contributed by atoms with van der Waals surface area (Å²) in [5, 5.41) is 0. The predicted octanol–water partition coefficient (Wildman–Crippen LogP) is 2.23. The highest BCUT2D eigenvalue weighted by atomic mass is 16.2. The Bertz CT molecular complexity index is 501. The van der Waals surface area contributed by atoms with Crippen LogP contribution < -0.4 is 0 Å². The van der Waals surface area contributed by atoms with Gasteiger partial charge in [0.05, 0.1) is 0 Å². The number of rotatable bonds is 3. The second-order valence-corrected chi connectivity index (χ2v) is 4.31. The molecule has 0 saturated carbocycles. The third kappa shape index (κ3) is 2.08. The van der Waals surface area contributed by atoms with Crippen LogP contribution in [0.3, 0.4) is 0 Å². The van der Waals surface area contributed by atoms with Crippen molar-refractivity contribution in [1.29, 1.82) is 0 Å². The fraction of sp³-hybridized carbons (Fsp3) is 0.333. The van der Waals surface area contributed by atoms with E-state index in [9.17, 15) is 9.59 Å². The van der Waals surface area contributed by atoms with Gasteiger partial charge in [-0.25, -0.2) is 0 Å². The number of carbonyl (C=O) groups is 2. The topological polar surface area (TPSA) is 37.4 Å². The van der Waals surface area contributed by atoms with E-state index < -0.39 is 5.92 Å². The molecule has 1 atom stereocenters. The maximum Gasteiger partial charge on any atom is 0.238 e. The van der Waals surface area contributed by atoms with E-state index in [4.69, 9.17) is 0 Å². The monoisotopic (exact) mass is 243 g/mol. The number of hydrogen-bond acceptors (Lipinski definition) is 2. The Morgan fingerprint density at radius 1 is 1.17 bits per heavy atom. The summed E-state index contributed by atoms with van der Waals surface area (Å²) < 4.78 is 0. The lowest BCUT2D eigenvalue weighted by Crippen LogP contribution is -2.38. The van der Waals surface area contributed by atoms with Crippen LogP contribution in [0.1, 0.15) is 30.9 Å². The summed E-state index contributed by atoms with van der Waals surface area (Å²) in [5.41, 5.74) is 1.78. The van der Waals surface area contributed by atoms with E-state index in [1.807, 2.05) is 38.1 Å². The van der Waals surface area contributed by atoms with Gasteiger partial charge in [0.25, 0.3) is 0 Å². The molecule has 1 aromatic carbocycles. The Morgan fingerprint density at radius 3 is 2.50 bits per heavy atom. The van der Waals surface area contributed by atoms with Gasteiger partial charge in [-0.05, 0) is 31.1 Å². The van der Waals surface area contributed by atoms with Crippen LogP contribution in [0.25, 0.3) is 6.08 Å². The fourth-order valence-electron chi connectivity index (χ4n) is 2.32. The Labute approximate surface area is 107 Å². The molecule has 0 fully saturated rings. The molecule has 18 heavy (non-hydrogen) atoms. The first-order valence-corrected chi connectivity index (χ1v) is 6.28. The van der Waals surface area contributed by atoms with E-state index in [0.29, 0.717) is 13.1 Å². The van der Waals surface area contributed by atoms with E-state index >= 15 is 0 Å². The number of amides is 1. The van der Waals surface area contributed by atoms with Crippen molar-refractivity contribution in [1.82, 2.24) is 4.90 Å². The largest absolute Gasteiger partial charge is 0.342 e. The van der Waals surface area contributed by atoms with Crippen LogP contribution in [0.2, 0.25) is 0 Å². The van der Waals surface area contributed by atoms with Gasteiger partial charge >= 0.3 is 0 Å². The van der Waals surface area contributed by atoms with Crippen LogP contribution in [-0.4, -0.2) is 29.7 Å². The van der Waals surface area contributed by atoms with E-state index in [-0.39, 0.29) is 11.7 Å². The molecule has 1 aromatic rings. The minimum atomic E-state index is -0.661. The molecule has 0 spiro atoms. The summed E-state index contributed by atoms with van der Waals surface area (Å²) >= 11 is 0. The number of benzene rings is 1. The van der Waals surface area contributed by atoms with Crippen molar-refractivity contribution in [3.05, 3.63) is 41.5 Å². The molecule has 3 heteroatoms. The SMILES string of the molecule is CCN(CC)C(=O)C1C(=O)C=Cc2ccccc21. The lowest BCUT2D eigenvalue weighted by Gasteiger charge is -2.26. The molecule has 0 N–H and O–H groups in total. The number of carbonyl (C=O) groups excluding carboxylic acids is 2. The highest BCUT2D eigenvalue weighted by Gasteiger charge is 2.32. The molecule has 0 saturated heterocycles. The maximum atomic E-state index is 12.4. The first-order valence-electron chi connectivity index (χ1n) is 6.28. The number of ketones is 1. The smallest absolute Gasteiger partial charge is 0.238 e. The fourth-order valence-corrected chi connectivity index (χ4v) is 2.32. The van der Waals surface area contributed by atoms with Gasteiger partial charge in [0.1, 0.15) is 5.92 Å². The quantitative estimate of drug-likeness (QED) is 0.763. The standard InChI is InChI=1S/C15H17NO2/c1-3-16(4-2)15(18)14-12-8-6-5-7-11(12)9-10-13(14)17/h5-10,14H,3-4H2,1-2H3. The molecule has 94 valence electrons. The number of allylic oxidation sites excluding steroid dienone is 1. The Kier molecular flexibility index (Phi) is 3.60. The maximum absolute atomic E-state index is 12.4. The number of nitrogens with zero attached hydrogens (tertiary/aromatic N) is 1. The zero-order valence-electron chi connectivity index (χ0n) is 10.7. The van der Waals surface area contributed by atoms with Crippen molar-refractivity contribution < 1.29 is 9.59 Å². The predicted molar refractivity (Wildman–Crippen MR) is 71.2 cm³/mol. The minimum absolute atomic E-state index is 0.0956. The van der Waals surface area contributed by atoms with Crippen molar-refractivity contribution >= 4 is 17.8 Å². The van der Waals surface area contributed by atoms with Gasteiger partial charge in [-0.3, -0.25) is 9.59 Å². The minimum Gasteiger partial charge on any atom is -0.342 e. The van der Waals surface area contributed by atoms with Gasteiger partial charge in [0.15, 0.2) is 5.78 Å². The molecule has 1 aliphatic rings. The average Bonchev–Trinajstić information content (AvgIpc) is 2.39. The van der Waals surface area contributed by atoms with Crippen LogP contribution in [0.4, 0.5) is 0 Å². The second-order valence-electron chi connectivity index (χ2n) is 4.31. The van der Waals surface area contributed by atoms with Crippen LogP contribution >= 0.6 is 0 Å². The molecule has 0 aromatic heterocycles. The molecule has 2 rings (SSSR count). The van der Waals surface area contributed by atoms with Gasteiger partial charge in [0, 0.05) is 13.1 Å². The molecular weight excluding hydrogens is 226 g/mol. The zero-order valence-corrected chi connectivity index (χ0v) is 10.7. The van der Waals surface area contributed by atoms with Crippen molar-refractivity contribution in [3.8, 4) is 0 Å². The number of hydrogen-bond donors (Lipinski definition) is 0. The third-order valence-corrected chi connectivity index (χ3v) is 3.34. The second kappa shape index (κ2) is 5.17. The zero-order chi connectivity index (χ0) is 13.1. The van der Waals surface area contributed by atoms with E-state index in [1.165, 1.54) is 6.08 Å². The Balaban J connectivity index is 2.41. The highest BCUT2D eigenvalue weighted by Crippen LogP contribution is 2.28. The summed E-state index contributed by atoms with van der Waals surface area (Å²) in [6, 6.07) is 7.58. The first-order chi connectivity index (χ1) is 8.69. The Morgan fingerprint density at radius 2 is 1.83 bits per heavy atom. The normalized spacial score (nSPS) is 17.4. The highest BCUT2D eigenvalue weighted by molar-refractivity contribution is 6.15. The van der Waals surface area contributed by atoms with E-state index in [1.54, 1.807) is 11.0 Å². The van der Waals surface area contributed by atoms with Gasteiger partial charge in [-0.1, -0.05) is 30.3 Å². The van der Waals surface area contributed by atoms with Crippen LogP contribution in [-0.2, 0) is 9.59 Å². The summed E-state index contributed by atoms with van der Waals surface area (Å²) in [7, 11) is 0. The van der Waals surface area contributed by atoms with Crippen molar-refractivity contribution in [3.63, 3.8) is 0 Å². The molecule has 0 aliphatic heterocycles. The molecule has 1 aliphatic carbocycles. The first kappa shape index (κ1) is 12.6. The van der Waals surface area contributed by atoms with E-state index in [2.05, 4.69) is 0 Å². The van der Waals surface area contributed by atoms with Crippen molar-refractivity contribution in [2.45, 2.75) is 19.8 Å². The lowest BCUT2D eigenvalue weighted by molar-refractivity contribution is -0.136. The number of fused-ring (bicyclic) bond motifs is 1. The molecular formula is C15H17NO2. The Hall–Kier alpha value is -1.90. The number of likely N-dealkylation sites (N-methyl/N-ethyl adjacent to an activating group) is 1. The van der Waals surface area contributed by atoms with Crippen molar-refractivity contribution in [2.24, 2.45) is 0 Å². The summed E-state index contributed by atoms with van der Waals surface area (Å²) in [6.45, 7) is 5.11. The molecule has 0 heterocycles. The summed E-state index contributed by atoms with van der Waals surface area (Å²) in [5.74, 6) is -0.876. The van der Waals surface area contributed by atoms with Gasteiger partial charge in [0.2, 0.25) is 5.91 Å². The summed E-state index contributed by atoms with van der Waals surface area (Å²) in [6.07, 6.45) is 3.29. The van der Waals surface area contributed by atoms with Crippen LogP contribution in [0.5, 0.6) is 0 Å². The van der Waals surface area contributed by atoms with Crippen molar-refractivity contribution in [2.75, 3.05) is 13.1 Å². The third-order valence-electron chi connectivity index (χ3n) is 3.34. The lowest BCUT2D eigenvalue weighted by atomic mass is 9.85. The van der Waals surface area contributed by atoms with Gasteiger partial charge in [-0.2, -0.15) is 0 Å². The average molecular weight is 243 g/mol. The molecule has 0 radical (unpaired) electrons. The molecule has 1 unspecified atom stereocenters. The van der Waals surface area contributed by atoms with Crippen LogP contribution in [0.15, 0.2) is 30.3 Å². The van der Waals surface area contributed by atoms with Gasteiger partial charge < -0.3 is 4.90 Å². The molecule has 3 nitrogen and oxygen atoms in total. The van der Waals surface area contributed by atoms with E-state index in [0.717, 1.165) is 11.1 Å². The summed E-state index contributed by atoms with van der Waals surface area (Å²) in [4.78, 5) is 26.1.